The molecule has 1 aliphatic rings. The summed E-state index contributed by atoms with van der Waals surface area (Å²) in [5.74, 6) is 0. The molecule has 1 aliphatic heterocycles. The number of hydrogen-bond donors (Lipinski definition) is 1. The summed E-state index contributed by atoms with van der Waals surface area (Å²) in [5, 5.41) is 3.20. The molecule has 0 bridgehead atoms. The van der Waals surface area contributed by atoms with Gasteiger partial charge < -0.3 is 5.32 Å². The number of hydrogen-bond acceptors (Lipinski definition) is 1. The zero-order valence-corrected chi connectivity index (χ0v) is 9.59. The van der Waals surface area contributed by atoms with E-state index in [2.05, 4.69) is 26.1 Å². The molecule has 0 aromatic heterocycles. The molecule has 0 amide bonds. The molecule has 13 heavy (non-hydrogen) atoms. The molecule has 80 valence electrons. The van der Waals surface area contributed by atoms with Crippen molar-refractivity contribution in [3.05, 3.63) is 0 Å². The van der Waals surface area contributed by atoms with Crippen molar-refractivity contribution in [3.63, 3.8) is 0 Å². The molecular weight excluding hydrogens is 189 g/mol. The SMILES string of the molecule is CC(C)(C)CC(F)C1CCCN1.Cl. The van der Waals surface area contributed by atoms with E-state index in [9.17, 15) is 4.39 Å². The number of alkyl halides is 1. The van der Waals surface area contributed by atoms with Crippen LogP contribution >= 0.6 is 12.4 Å². The van der Waals surface area contributed by atoms with Crippen LogP contribution in [0.5, 0.6) is 0 Å². The van der Waals surface area contributed by atoms with Gasteiger partial charge in [0.2, 0.25) is 0 Å². The van der Waals surface area contributed by atoms with Crippen molar-refractivity contribution in [3.8, 4) is 0 Å². The fraction of sp³-hybridized carbons (Fsp3) is 1.00. The van der Waals surface area contributed by atoms with Crippen molar-refractivity contribution >= 4 is 12.4 Å². The first-order chi connectivity index (χ1) is 5.49. The zero-order valence-electron chi connectivity index (χ0n) is 8.77. The van der Waals surface area contributed by atoms with Gasteiger partial charge in [0.15, 0.2) is 0 Å². The number of rotatable bonds is 2. The predicted molar refractivity (Wildman–Crippen MR) is 57.2 cm³/mol. The molecule has 0 spiro atoms. The molecule has 0 aliphatic carbocycles. The van der Waals surface area contributed by atoms with Gasteiger partial charge in [-0.05, 0) is 31.2 Å². The second-order valence-electron chi connectivity index (χ2n) is 4.98. The summed E-state index contributed by atoms with van der Waals surface area (Å²) in [6.07, 6.45) is 2.16. The van der Waals surface area contributed by atoms with Crippen LogP contribution in [0.15, 0.2) is 0 Å². The maximum atomic E-state index is 13.5. The first kappa shape index (κ1) is 13.2. The van der Waals surface area contributed by atoms with Crippen LogP contribution in [-0.2, 0) is 0 Å². The van der Waals surface area contributed by atoms with Crippen molar-refractivity contribution in [1.29, 1.82) is 0 Å². The summed E-state index contributed by atoms with van der Waals surface area (Å²) >= 11 is 0. The highest BCUT2D eigenvalue weighted by atomic mass is 35.5. The van der Waals surface area contributed by atoms with Gasteiger partial charge in [-0.3, -0.25) is 0 Å². The monoisotopic (exact) mass is 209 g/mol. The Kier molecular flexibility index (Phi) is 5.23. The van der Waals surface area contributed by atoms with Gasteiger partial charge >= 0.3 is 0 Å². The third kappa shape index (κ3) is 4.82. The van der Waals surface area contributed by atoms with Crippen LogP contribution < -0.4 is 5.32 Å². The molecule has 1 nitrogen and oxygen atoms in total. The summed E-state index contributed by atoms with van der Waals surface area (Å²) in [5.41, 5.74) is 0.115. The van der Waals surface area contributed by atoms with Crippen LogP contribution in [0.3, 0.4) is 0 Å². The van der Waals surface area contributed by atoms with Crippen LogP contribution in [-0.4, -0.2) is 18.8 Å². The van der Waals surface area contributed by atoms with Crippen LogP contribution in [0.4, 0.5) is 4.39 Å². The van der Waals surface area contributed by atoms with Crippen LogP contribution in [0.2, 0.25) is 0 Å². The topological polar surface area (TPSA) is 12.0 Å². The third-order valence-electron chi connectivity index (χ3n) is 2.34. The minimum atomic E-state index is -0.660. The Balaban J connectivity index is 0.00000144. The Bertz CT molecular complexity index is 138. The lowest BCUT2D eigenvalue weighted by molar-refractivity contribution is 0.185. The molecular formula is C10H21ClFN. The van der Waals surface area contributed by atoms with Gasteiger partial charge in [-0.25, -0.2) is 4.39 Å². The van der Waals surface area contributed by atoms with E-state index in [1.165, 1.54) is 0 Å². The van der Waals surface area contributed by atoms with Crippen LogP contribution in [0, 0.1) is 5.41 Å². The molecule has 2 unspecified atom stereocenters. The fourth-order valence-corrected chi connectivity index (χ4v) is 1.75. The van der Waals surface area contributed by atoms with Gasteiger partial charge in [0.05, 0.1) is 0 Å². The van der Waals surface area contributed by atoms with Crippen molar-refractivity contribution in [2.75, 3.05) is 6.54 Å². The van der Waals surface area contributed by atoms with E-state index in [-0.39, 0.29) is 23.9 Å². The Hall–Kier alpha value is 0.180. The van der Waals surface area contributed by atoms with E-state index in [4.69, 9.17) is 0 Å². The molecule has 1 fully saturated rings. The Labute approximate surface area is 86.9 Å². The highest BCUT2D eigenvalue weighted by molar-refractivity contribution is 5.85. The first-order valence-corrected chi connectivity index (χ1v) is 4.86. The molecule has 1 N–H and O–H groups in total. The zero-order chi connectivity index (χ0) is 9.19. The Morgan fingerprint density at radius 3 is 2.46 bits per heavy atom. The quantitative estimate of drug-likeness (QED) is 0.738. The molecule has 3 heteroatoms. The van der Waals surface area contributed by atoms with Gasteiger partial charge in [-0.1, -0.05) is 20.8 Å². The second-order valence-corrected chi connectivity index (χ2v) is 4.98. The van der Waals surface area contributed by atoms with E-state index in [1.54, 1.807) is 0 Å². The summed E-state index contributed by atoms with van der Waals surface area (Å²) in [7, 11) is 0. The largest absolute Gasteiger partial charge is 0.311 e. The number of nitrogens with one attached hydrogen (secondary N) is 1. The van der Waals surface area contributed by atoms with E-state index in [0.717, 1.165) is 19.4 Å². The molecule has 0 aromatic rings. The van der Waals surface area contributed by atoms with Gasteiger partial charge in [-0.2, -0.15) is 0 Å². The van der Waals surface area contributed by atoms with E-state index >= 15 is 0 Å². The van der Waals surface area contributed by atoms with E-state index in [0.29, 0.717) is 6.42 Å². The molecule has 1 saturated heterocycles. The maximum absolute atomic E-state index is 13.5. The molecule has 1 heterocycles. The summed E-state index contributed by atoms with van der Waals surface area (Å²) in [4.78, 5) is 0. The molecule has 0 saturated carbocycles. The average Bonchev–Trinajstić information content (AvgIpc) is 2.32. The van der Waals surface area contributed by atoms with Gasteiger partial charge in [-0.15, -0.1) is 12.4 Å². The second kappa shape index (κ2) is 5.16. The van der Waals surface area contributed by atoms with Crippen LogP contribution in [0.1, 0.15) is 40.0 Å². The third-order valence-corrected chi connectivity index (χ3v) is 2.34. The summed E-state index contributed by atoms with van der Waals surface area (Å²) in [6.45, 7) is 7.27. The van der Waals surface area contributed by atoms with Gasteiger partial charge in [0.1, 0.15) is 6.17 Å². The van der Waals surface area contributed by atoms with Crippen molar-refractivity contribution in [1.82, 2.24) is 5.32 Å². The first-order valence-electron chi connectivity index (χ1n) is 4.86. The Morgan fingerprint density at radius 1 is 1.46 bits per heavy atom. The van der Waals surface area contributed by atoms with Crippen LogP contribution in [0.25, 0.3) is 0 Å². The molecule has 1 rings (SSSR count). The fourth-order valence-electron chi connectivity index (χ4n) is 1.75. The number of halogens is 2. The normalized spacial score (nSPS) is 25.4. The maximum Gasteiger partial charge on any atom is 0.116 e. The Morgan fingerprint density at radius 2 is 2.08 bits per heavy atom. The molecule has 0 radical (unpaired) electrons. The minimum absolute atomic E-state index is 0. The minimum Gasteiger partial charge on any atom is -0.311 e. The highest BCUT2D eigenvalue weighted by Gasteiger charge is 2.27. The van der Waals surface area contributed by atoms with Crippen molar-refractivity contribution in [2.45, 2.75) is 52.2 Å². The lowest BCUT2D eigenvalue weighted by atomic mass is 9.87. The smallest absolute Gasteiger partial charge is 0.116 e. The molecule has 0 aromatic carbocycles. The van der Waals surface area contributed by atoms with Crippen molar-refractivity contribution < 1.29 is 4.39 Å². The van der Waals surface area contributed by atoms with E-state index in [1.807, 2.05) is 0 Å². The molecule has 2 atom stereocenters. The lowest BCUT2D eigenvalue weighted by Crippen LogP contribution is -2.34. The standard InChI is InChI=1S/C10H20FN.ClH/c1-10(2,3)7-8(11)9-5-4-6-12-9;/h8-9,12H,4-7H2,1-3H3;1H. The average molecular weight is 210 g/mol. The van der Waals surface area contributed by atoms with Gasteiger partial charge in [0, 0.05) is 6.04 Å². The summed E-state index contributed by atoms with van der Waals surface area (Å²) in [6, 6.07) is 0.129. The van der Waals surface area contributed by atoms with Crippen molar-refractivity contribution in [2.24, 2.45) is 5.41 Å². The van der Waals surface area contributed by atoms with E-state index < -0.39 is 6.17 Å². The predicted octanol–water partition coefficient (Wildman–Crippen LogP) is 2.93. The summed E-state index contributed by atoms with van der Waals surface area (Å²) < 4.78 is 13.5. The lowest BCUT2D eigenvalue weighted by Gasteiger charge is -2.24. The van der Waals surface area contributed by atoms with Gasteiger partial charge in [0.25, 0.3) is 0 Å². The highest BCUT2D eigenvalue weighted by Crippen LogP contribution is 2.26.